The number of rotatable bonds is 0. The molecule has 0 aromatic heterocycles. The minimum atomic E-state index is -0.767. The van der Waals surface area contributed by atoms with Gasteiger partial charge in [0.25, 0.3) is 0 Å². The van der Waals surface area contributed by atoms with Gasteiger partial charge in [0, 0.05) is 0 Å². The number of hydrogen-bond donors (Lipinski definition) is 0. The molecule has 4 rings (SSSR count). The number of hydrogen-bond acceptors (Lipinski definition) is 0. The van der Waals surface area contributed by atoms with Crippen LogP contribution < -0.4 is 0 Å². The molecule has 17 heavy (non-hydrogen) atoms. The van der Waals surface area contributed by atoms with Gasteiger partial charge in [0.05, 0.1) is 15.4 Å². The lowest BCUT2D eigenvalue weighted by Crippen LogP contribution is -2.38. The summed E-state index contributed by atoms with van der Waals surface area (Å²) in [6.45, 7) is 0. The zero-order valence-electron chi connectivity index (χ0n) is 8.64. The van der Waals surface area contributed by atoms with Crippen molar-refractivity contribution in [3.05, 3.63) is 22.2 Å². The van der Waals surface area contributed by atoms with E-state index < -0.39 is 15.1 Å². The molecule has 0 aromatic carbocycles. The molecule has 0 aliphatic heterocycles. The first-order valence-electron chi connectivity index (χ1n) is 5.70. The molecule has 4 unspecified atom stereocenters. The maximum absolute atomic E-state index is 6.75. The van der Waals surface area contributed by atoms with E-state index in [-0.39, 0.29) is 11.8 Å². The molecule has 0 amide bonds. The average Bonchev–Trinajstić information content (AvgIpc) is 2.98. The molecule has 92 valence electrons. The molecule has 0 N–H and O–H groups in total. The zero-order valence-corrected chi connectivity index (χ0v) is 12.4. The van der Waals surface area contributed by atoms with Crippen molar-refractivity contribution in [1.82, 2.24) is 0 Å². The summed E-state index contributed by atoms with van der Waals surface area (Å²) in [7, 11) is 0. The molecule has 2 fully saturated rings. The van der Waals surface area contributed by atoms with Gasteiger partial charge >= 0.3 is 0 Å². The average molecular weight is 330 g/mol. The predicted octanol–water partition coefficient (Wildman–Crippen LogP) is 4.70. The van der Waals surface area contributed by atoms with Crippen LogP contribution in [-0.2, 0) is 0 Å². The Hall–Kier alpha value is 0.930. The highest BCUT2D eigenvalue weighted by Gasteiger charge is 2.78. The third-order valence-corrected chi connectivity index (χ3v) is 8.56. The monoisotopic (exact) mass is 328 g/mol. The second-order valence-electron chi connectivity index (χ2n) is 5.53. The van der Waals surface area contributed by atoms with Crippen molar-refractivity contribution in [3.63, 3.8) is 0 Å². The normalized spacial score (nSPS) is 62.8. The maximum atomic E-state index is 6.75. The molecule has 0 aromatic rings. The Morgan fingerprint density at radius 1 is 0.941 bits per heavy atom. The van der Waals surface area contributed by atoms with Gasteiger partial charge in [-0.3, -0.25) is 0 Å². The first-order valence-corrected chi connectivity index (χ1v) is 7.64. The molecular weight excluding hydrogens is 321 g/mol. The van der Waals surface area contributed by atoms with Crippen molar-refractivity contribution in [3.8, 4) is 0 Å². The van der Waals surface area contributed by atoms with E-state index in [1.807, 2.05) is 0 Å². The van der Waals surface area contributed by atoms with E-state index in [0.717, 1.165) is 6.42 Å². The number of halogens is 5. The van der Waals surface area contributed by atoms with Crippen LogP contribution >= 0.6 is 58.0 Å². The molecule has 0 spiro atoms. The fourth-order valence-corrected chi connectivity index (χ4v) is 7.15. The van der Waals surface area contributed by atoms with E-state index in [2.05, 4.69) is 12.2 Å². The summed E-state index contributed by atoms with van der Waals surface area (Å²) in [4.78, 5) is -1.53. The summed E-state index contributed by atoms with van der Waals surface area (Å²) >= 11 is 32.6. The summed E-state index contributed by atoms with van der Waals surface area (Å²) in [5.74, 6) is 1.36. The standard InChI is InChI=1S/C12H9Cl5/c13-8-9(14)12(17)7-5-2-1-4(3-5)6(7)11(8,16)10(12)15/h1-2,4-7,10H,3H2/t4-,5+,6?,7?,10?,11-,12?/m0/s1. The Balaban J connectivity index is 1.99. The van der Waals surface area contributed by atoms with Crippen LogP contribution in [0.1, 0.15) is 6.42 Å². The first kappa shape index (κ1) is 11.7. The molecule has 5 heteroatoms. The van der Waals surface area contributed by atoms with Gasteiger partial charge in [-0.05, 0) is 30.1 Å². The molecule has 2 saturated carbocycles. The van der Waals surface area contributed by atoms with Gasteiger partial charge < -0.3 is 0 Å². The largest absolute Gasteiger partial charge is 0.118 e. The Morgan fingerprint density at radius 2 is 1.35 bits per heavy atom. The van der Waals surface area contributed by atoms with Crippen LogP contribution in [0.5, 0.6) is 0 Å². The Kier molecular flexibility index (Phi) is 2.17. The van der Waals surface area contributed by atoms with Crippen molar-refractivity contribution < 1.29 is 0 Å². The van der Waals surface area contributed by atoms with Gasteiger partial charge in [-0.25, -0.2) is 0 Å². The fourth-order valence-electron chi connectivity index (χ4n) is 4.46. The molecule has 0 nitrogen and oxygen atoms in total. The highest BCUT2D eigenvalue weighted by atomic mass is 35.5. The predicted molar refractivity (Wildman–Crippen MR) is 73.3 cm³/mol. The molecule has 4 bridgehead atoms. The quantitative estimate of drug-likeness (QED) is 0.343. The SMILES string of the molecule is ClC1=C(Cl)[C@@]2(Cl)C3C([C@@H]4C=C[C@H]3C4)C1(Cl)C2Cl. The van der Waals surface area contributed by atoms with E-state index in [1.54, 1.807) is 0 Å². The number of allylic oxidation sites excluding steroid dienone is 4. The minimum Gasteiger partial charge on any atom is -0.118 e. The highest BCUT2D eigenvalue weighted by Crippen LogP contribution is 2.76. The van der Waals surface area contributed by atoms with Gasteiger partial charge in [-0.1, -0.05) is 35.4 Å². The van der Waals surface area contributed by atoms with E-state index in [4.69, 9.17) is 58.0 Å². The Bertz CT molecular complexity index is 443. The van der Waals surface area contributed by atoms with Crippen molar-refractivity contribution in [1.29, 1.82) is 0 Å². The summed E-state index contributed by atoms with van der Waals surface area (Å²) < 4.78 is 0. The van der Waals surface area contributed by atoms with Crippen LogP contribution in [0.3, 0.4) is 0 Å². The molecular formula is C12H9Cl5. The molecule has 0 heterocycles. The lowest BCUT2D eigenvalue weighted by molar-refractivity contribution is 0.305. The van der Waals surface area contributed by atoms with Crippen molar-refractivity contribution in [2.75, 3.05) is 0 Å². The third kappa shape index (κ3) is 0.984. The Labute approximate surface area is 125 Å². The summed E-state index contributed by atoms with van der Waals surface area (Å²) in [6.07, 6.45) is 5.58. The lowest BCUT2D eigenvalue weighted by Gasteiger charge is -2.37. The van der Waals surface area contributed by atoms with E-state index in [9.17, 15) is 0 Å². The third-order valence-electron chi connectivity index (χ3n) is 5.03. The Morgan fingerprint density at radius 3 is 1.76 bits per heavy atom. The summed E-state index contributed by atoms with van der Waals surface area (Å²) in [5.41, 5.74) is 0. The van der Waals surface area contributed by atoms with E-state index >= 15 is 0 Å². The van der Waals surface area contributed by atoms with Crippen LogP contribution in [0.15, 0.2) is 22.2 Å². The second-order valence-corrected chi connectivity index (χ2v) is 7.97. The second kappa shape index (κ2) is 3.15. The van der Waals surface area contributed by atoms with Crippen LogP contribution in [0.25, 0.3) is 0 Å². The van der Waals surface area contributed by atoms with Crippen LogP contribution in [-0.4, -0.2) is 15.1 Å². The van der Waals surface area contributed by atoms with Gasteiger partial charge in [-0.15, -0.1) is 34.8 Å². The van der Waals surface area contributed by atoms with Crippen LogP contribution in [0.2, 0.25) is 0 Å². The number of alkyl halides is 3. The molecule has 0 radical (unpaired) electrons. The number of fused-ring (bicyclic) bond motifs is 9. The topological polar surface area (TPSA) is 0 Å². The van der Waals surface area contributed by atoms with Crippen molar-refractivity contribution >= 4 is 58.0 Å². The summed E-state index contributed by atoms with van der Waals surface area (Å²) in [5, 5.41) is 0.523. The van der Waals surface area contributed by atoms with Gasteiger partial charge in [-0.2, -0.15) is 0 Å². The highest BCUT2D eigenvalue weighted by molar-refractivity contribution is 6.55. The molecule has 0 saturated heterocycles. The fraction of sp³-hybridized carbons (Fsp3) is 0.667. The van der Waals surface area contributed by atoms with Gasteiger partial charge in [0.15, 0.2) is 0 Å². The smallest absolute Gasteiger partial charge is 0.103 e. The van der Waals surface area contributed by atoms with Gasteiger partial charge in [0.2, 0.25) is 0 Å². The van der Waals surface area contributed by atoms with E-state index in [0.29, 0.717) is 21.9 Å². The zero-order chi connectivity index (χ0) is 12.2. The van der Waals surface area contributed by atoms with Crippen molar-refractivity contribution in [2.24, 2.45) is 23.7 Å². The molecule has 4 aliphatic carbocycles. The van der Waals surface area contributed by atoms with Crippen LogP contribution in [0, 0.1) is 23.7 Å². The summed E-state index contributed by atoms with van der Waals surface area (Å²) in [6, 6.07) is 0. The molecule has 7 atom stereocenters. The maximum Gasteiger partial charge on any atom is 0.103 e. The first-order chi connectivity index (χ1) is 7.93. The minimum absolute atomic E-state index is 0.231. The van der Waals surface area contributed by atoms with Gasteiger partial charge in [0.1, 0.15) is 9.75 Å². The van der Waals surface area contributed by atoms with Crippen LogP contribution in [0.4, 0.5) is 0 Å². The van der Waals surface area contributed by atoms with Crippen molar-refractivity contribution in [2.45, 2.75) is 21.5 Å². The lowest BCUT2D eigenvalue weighted by atomic mass is 9.75. The molecule has 4 aliphatic rings. The van der Waals surface area contributed by atoms with E-state index in [1.165, 1.54) is 0 Å².